The second kappa shape index (κ2) is 8.51. The van der Waals surface area contributed by atoms with Crippen molar-refractivity contribution in [3.05, 3.63) is 64.4 Å². The Balaban J connectivity index is 1.43. The summed E-state index contributed by atoms with van der Waals surface area (Å²) in [6.07, 6.45) is 1.73. The maximum atomic E-state index is 13.3. The Bertz CT molecular complexity index is 911. The lowest BCUT2D eigenvalue weighted by molar-refractivity contribution is -0.137. The summed E-state index contributed by atoms with van der Waals surface area (Å²) in [4.78, 5) is 35.7. The highest BCUT2D eigenvalue weighted by Gasteiger charge is 2.36. The molecule has 1 aromatic heterocycles. The van der Waals surface area contributed by atoms with Gasteiger partial charge in [-0.15, -0.1) is 0 Å². The molecule has 7 heteroatoms. The van der Waals surface area contributed by atoms with Gasteiger partial charge in [-0.05, 0) is 23.3 Å². The monoisotopic (exact) mass is 412 g/mol. The van der Waals surface area contributed by atoms with Crippen LogP contribution in [0.25, 0.3) is 0 Å². The van der Waals surface area contributed by atoms with E-state index in [-0.39, 0.29) is 17.7 Å². The van der Waals surface area contributed by atoms with Gasteiger partial charge < -0.3 is 9.80 Å². The van der Waals surface area contributed by atoms with E-state index in [2.05, 4.69) is 9.88 Å². The van der Waals surface area contributed by atoms with E-state index in [9.17, 15) is 9.59 Å². The number of piperazine rings is 1. The fourth-order valence-corrected chi connectivity index (χ4v) is 4.32. The number of hydrogen-bond donors (Lipinski definition) is 0. The van der Waals surface area contributed by atoms with Crippen LogP contribution in [0.3, 0.4) is 0 Å². The molecule has 1 unspecified atom stereocenters. The molecule has 3 heterocycles. The van der Waals surface area contributed by atoms with Crippen LogP contribution in [0.15, 0.2) is 42.6 Å². The van der Waals surface area contributed by atoms with E-state index >= 15 is 0 Å². The number of halogens is 1. The van der Waals surface area contributed by atoms with Crippen LogP contribution in [-0.4, -0.2) is 64.2 Å². The molecule has 6 nitrogen and oxygen atoms in total. The number of nitrogens with zero attached hydrogens (tertiary/aromatic N) is 4. The molecule has 1 aromatic carbocycles. The molecule has 1 saturated heterocycles. The third-order valence-electron chi connectivity index (χ3n) is 5.80. The molecule has 4 rings (SSSR count). The lowest BCUT2D eigenvalue weighted by atomic mass is 9.93. The van der Waals surface area contributed by atoms with Crippen molar-refractivity contribution in [2.75, 3.05) is 32.7 Å². The Labute approximate surface area is 176 Å². The number of pyridine rings is 1. The van der Waals surface area contributed by atoms with Crippen LogP contribution in [-0.2, 0) is 22.7 Å². The van der Waals surface area contributed by atoms with Crippen LogP contribution in [0, 0.1) is 0 Å². The molecule has 0 saturated carbocycles. The Morgan fingerprint density at radius 2 is 1.83 bits per heavy atom. The van der Waals surface area contributed by atoms with Crippen LogP contribution in [0.2, 0.25) is 5.02 Å². The second-order valence-electron chi connectivity index (χ2n) is 7.69. The van der Waals surface area contributed by atoms with Crippen LogP contribution >= 0.6 is 11.6 Å². The quantitative estimate of drug-likeness (QED) is 0.777. The lowest BCUT2D eigenvalue weighted by Crippen LogP contribution is -2.52. The summed E-state index contributed by atoms with van der Waals surface area (Å²) in [6.45, 7) is 6.20. The summed E-state index contributed by atoms with van der Waals surface area (Å²) in [5.41, 5.74) is 2.88. The van der Waals surface area contributed by atoms with E-state index in [1.54, 1.807) is 18.0 Å². The third-order valence-corrected chi connectivity index (χ3v) is 6.17. The molecule has 1 fully saturated rings. The molecule has 0 N–H and O–H groups in total. The van der Waals surface area contributed by atoms with Crippen LogP contribution in [0.1, 0.15) is 29.7 Å². The molecule has 0 spiro atoms. The molecule has 0 radical (unpaired) electrons. The maximum Gasteiger partial charge on any atom is 0.233 e. The van der Waals surface area contributed by atoms with E-state index in [0.29, 0.717) is 26.2 Å². The molecule has 29 heavy (non-hydrogen) atoms. The van der Waals surface area contributed by atoms with Gasteiger partial charge in [0.05, 0.1) is 11.6 Å². The van der Waals surface area contributed by atoms with Crippen molar-refractivity contribution in [2.24, 2.45) is 0 Å². The minimum atomic E-state index is -0.390. The minimum absolute atomic E-state index is 0.0122. The molecule has 2 aliphatic heterocycles. The summed E-state index contributed by atoms with van der Waals surface area (Å²) < 4.78 is 0. The van der Waals surface area contributed by atoms with Gasteiger partial charge in [0.2, 0.25) is 11.8 Å². The highest BCUT2D eigenvalue weighted by atomic mass is 35.5. The number of hydrogen-bond acceptors (Lipinski definition) is 4. The summed E-state index contributed by atoms with van der Waals surface area (Å²) in [7, 11) is 0. The number of benzene rings is 1. The molecule has 2 aromatic rings. The molecule has 1 atom stereocenters. The summed E-state index contributed by atoms with van der Waals surface area (Å²) in [6, 6.07) is 11.7. The van der Waals surface area contributed by atoms with Crippen molar-refractivity contribution < 1.29 is 9.59 Å². The number of amides is 2. The van der Waals surface area contributed by atoms with Crippen LogP contribution in [0.5, 0.6) is 0 Å². The molecule has 0 aliphatic carbocycles. The second-order valence-corrected chi connectivity index (χ2v) is 8.10. The fraction of sp³-hybridized carbons (Fsp3) is 0.409. The van der Waals surface area contributed by atoms with Crippen molar-refractivity contribution in [3.8, 4) is 0 Å². The van der Waals surface area contributed by atoms with E-state index in [0.717, 1.165) is 41.5 Å². The van der Waals surface area contributed by atoms with E-state index < -0.39 is 0 Å². The molecule has 2 aliphatic rings. The molecule has 2 amide bonds. The SMILES string of the molecule is CC(=O)N1Cc2cccnc2C(C(=O)N2CCN(Cc3ccccc3Cl)CC2)C1. The van der Waals surface area contributed by atoms with E-state index in [1.807, 2.05) is 41.3 Å². The van der Waals surface area contributed by atoms with E-state index in [4.69, 9.17) is 11.6 Å². The largest absolute Gasteiger partial charge is 0.339 e. The van der Waals surface area contributed by atoms with Crippen LogP contribution < -0.4 is 0 Å². The van der Waals surface area contributed by atoms with Crippen molar-refractivity contribution in [1.82, 2.24) is 19.7 Å². The summed E-state index contributed by atoms with van der Waals surface area (Å²) in [5.74, 6) is -0.339. The molecular formula is C22H25ClN4O2. The third kappa shape index (κ3) is 4.28. The van der Waals surface area contributed by atoms with Gasteiger partial charge in [0.15, 0.2) is 0 Å². The van der Waals surface area contributed by atoms with Gasteiger partial charge in [0, 0.05) is 64.0 Å². The van der Waals surface area contributed by atoms with Crippen molar-refractivity contribution >= 4 is 23.4 Å². The summed E-state index contributed by atoms with van der Waals surface area (Å²) in [5, 5.41) is 0.778. The Morgan fingerprint density at radius 1 is 1.07 bits per heavy atom. The van der Waals surface area contributed by atoms with Crippen LogP contribution in [0.4, 0.5) is 0 Å². The molecular weight excluding hydrogens is 388 g/mol. The van der Waals surface area contributed by atoms with Gasteiger partial charge in [0.25, 0.3) is 0 Å². The van der Waals surface area contributed by atoms with Crippen molar-refractivity contribution in [3.63, 3.8) is 0 Å². The molecule has 0 bridgehead atoms. The standard InChI is InChI=1S/C22H25ClN4O2/c1-16(28)27-14-18-6-4-8-24-21(18)19(15-27)22(29)26-11-9-25(10-12-26)13-17-5-2-3-7-20(17)23/h2-8,19H,9-15H2,1H3. The van der Waals surface area contributed by atoms with Crippen molar-refractivity contribution in [2.45, 2.75) is 25.9 Å². The lowest BCUT2D eigenvalue weighted by Gasteiger charge is -2.39. The number of fused-ring (bicyclic) bond motifs is 1. The van der Waals surface area contributed by atoms with Gasteiger partial charge in [-0.2, -0.15) is 0 Å². The fourth-order valence-electron chi connectivity index (χ4n) is 4.12. The first kappa shape index (κ1) is 19.9. The zero-order valence-corrected chi connectivity index (χ0v) is 17.3. The Morgan fingerprint density at radius 3 is 2.55 bits per heavy atom. The number of aromatic nitrogens is 1. The van der Waals surface area contributed by atoms with Gasteiger partial charge in [-0.1, -0.05) is 35.9 Å². The zero-order valence-electron chi connectivity index (χ0n) is 16.6. The predicted octanol–water partition coefficient (Wildman–Crippen LogP) is 2.53. The van der Waals surface area contributed by atoms with Gasteiger partial charge in [-0.3, -0.25) is 19.5 Å². The minimum Gasteiger partial charge on any atom is -0.339 e. The number of rotatable bonds is 3. The highest BCUT2D eigenvalue weighted by Crippen LogP contribution is 2.29. The maximum absolute atomic E-state index is 13.3. The normalized spacial score (nSPS) is 19.7. The average Bonchev–Trinajstić information content (AvgIpc) is 2.74. The first-order chi connectivity index (χ1) is 14.0. The number of carbonyl (C=O) groups excluding carboxylic acids is 2. The topological polar surface area (TPSA) is 56.8 Å². The van der Waals surface area contributed by atoms with Crippen molar-refractivity contribution in [1.29, 1.82) is 0 Å². The number of carbonyl (C=O) groups is 2. The Hall–Kier alpha value is -2.44. The average molecular weight is 413 g/mol. The van der Waals surface area contributed by atoms with Gasteiger partial charge in [0.1, 0.15) is 0 Å². The smallest absolute Gasteiger partial charge is 0.233 e. The zero-order chi connectivity index (χ0) is 20.4. The first-order valence-electron chi connectivity index (χ1n) is 9.97. The first-order valence-corrected chi connectivity index (χ1v) is 10.3. The molecule has 152 valence electrons. The Kier molecular flexibility index (Phi) is 5.83. The van der Waals surface area contributed by atoms with E-state index in [1.165, 1.54) is 0 Å². The summed E-state index contributed by atoms with van der Waals surface area (Å²) >= 11 is 6.28. The van der Waals surface area contributed by atoms with Gasteiger partial charge in [-0.25, -0.2) is 0 Å². The van der Waals surface area contributed by atoms with Gasteiger partial charge >= 0.3 is 0 Å². The highest BCUT2D eigenvalue weighted by molar-refractivity contribution is 6.31. The predicted molar refractivity (Wildman–Crippen MR) is 111 cm³/mol.